The van der Waals surface area contributed by atoms with Gasteiger partial charge in [0, 0.05) is 11.5 Å². The molecule has 3 heteroatoms. The number of hydrogen-bond acceptors (Lipinski definition) is 2. The third-order valence-corrected chi connectivity index (χ3v) is 3.62. The van der Waals surface area contributed by atoms with Gasteiger partial charge in [-0.2, -0.15) is 5.26 Å². The second-order valence-corrected chi connectivity index (χ2v) is 5.01. The lowest BCUT2D eigenvalue weighted by atomic mass is 9.79. The van der Waals surface area contributed by atoms with Gasteiger partial charge in [0.1, 0.15) is 6.54 Å². The highest BCUT2D eigenvalue weighted by Gasteiger charge is 2.29. The molecule has 0 spiro atoms. The Labute approximate surface area is 120 Å². The highest BCUT2D eigenvalue weighted by atomic mass is 16.1. The van der Waals surface area contributed by atoms with Gasteiger partial charge in [-0.3, -0.25) is 4.79 Å². The summed E-state index contributed by atoms with van der Waals surface area (Å²) in [5.41, 5.74) is 0.981. The van der Waals surface area contributed by atoms with E-state index in [0.717, 1.165) is 31.2 Å². The van der Waals surface area contributed by atoms with Crippen LogP contribution >= 0.6 is 0 Å². The minimum absolute atomic E-state index is 0.0291. The van der Waals surface area contributed by atoms with Gasteiger partial charge in [0.2, 0.25) is 5.91 Å². The van der Waals surface area contributed by atoms with Crippen LogP contribution in [0.2, 0.25) is 0 Å². The fraction of sp³-hybridized carbons (Fsp3) is 0.412. The maximum absolute atomic E-state index is 12.0. The van der Waals surface area contributed by atoms with Gasteiger partial charge < -0.3 is 5.32 Å². The Hall–Kier alpha value is -2.26. The number of hydrogen-bond donors (Lipinski definition) is 1. The summed E-state index contributed by atoms with van der Waals surface area (Å²) >= 11 is 0. The molecule has 1 saturated carbocycles. The van der Waals surface area contributed by atoms with E-state index in [4.69, 9.17) is 5.26 Å². The minimum Gasteiger partial charge on any atom is -0.343 e. The van der Waals surface area contributed by atoms with E-state index >= 15 is 0 Å². The molecule has 0 radical (unpaired) electrons. The second kappa shape index (κ2) is 7.36. The molecule has 2 unspecified atom stereocenters. The molecule has 102 valence electrons. The smallest absolute Gasteiger partial charge is 0.225 e. The Bertz CT molecular complexity index is 548. The summed E-state index contributed by atoms with van der Waals surface area (Å²) in [6.45, 7) is 0.0775. The first kappa shape index (κ1) is 14.2. The van der Waals surface area contributed by atoms with Crippen LogP contribution < -0.4 is 5.32 Å². The molecule has 1 fully saturated rings. The number of carbonyl (C=O) groups excluding carboxylic acids is 1. The van der Waals surface area contributed by atoms with Crippen LogP contribution in [0.1, 0.15) is 31.2 Å². The zero-order valence-corrected chi connectivity index (χ0v) is 11.4. The van der Waals surface area contributed by atoms with Crippen molar-refractivity contribution in [1.82, 2.24) is 5.32 Å². The predicted octanol–water partition coefficient (Wildman–Crippen LogP) is 2.48. The van der Waals surface area contributed by atoms with E-state index in [1.165, 1.54) is 0 Å². The molecule has 1 aromatic rings. The van der Waals surface area contributed by atoms with E-state index in [9.17, 15) is 4.79 Å². The standard InChI is InChI=1S/C17H18N2O/c18-12-13-19-17(20)16-9-5-4-8-15(16)11-10-14-6-2-1-3-7-14/h1-3,6-7,15-16H,4-5,8-9,13H2,(H,19,20). The molecule has 0 aromatic heterocycles. The second-order valence-electron chi connectivity index (χ2n) is 5.01. The summed E-state index contributed by atoms with van der Waals surface area (Å²) in [5.74, 6) is 6.41. The fourth-order valence-corrected chi connectivity index (χ4v) is 2.57. The molecule has 3 nitrogen and oxygen atoms in total. The third kappa shape index (κ3) is 3.87. The fourth-order valence-electron chi connectivity index (χ4n) is 2.57. The molecule has 0 heterocycles. The van der Waals surface area contributed by atoms with Gasteiger partial charge in [-0.15, -0.1) is 0 Å². The lowest BCUT2D eigenvalue weighted by Crippen LogP contribution is -2.36. The number of benzene rings is 1. The first-order valence-electron chi connectivity index (χ1n) is 7.02. The molecule has 1 aliphatic rings. The van der Waals surface area contributed by atoms with Crippen LogP contribution in [0.25, 0.3) is 0 Å². The zero-order chi connectivity index (χ0) is 14.2. The van der Waals surface area contributed by atoms with Gasteiger partial charge in [0.05, 0.1) is 12.0 Å². The Kier molecular flexibility index (Phi) is 5.21. The molecular formula is C17H18N2O. The molecule has 1 aliphatic carbocycles. The van der Waals surface area contributed by atoms with Crippen molar-refractivity contribution in [2.45, 2.75) is 25.7 Å². The molecule has 1 N–H and O–H groups in total. The largest absolute Gasteiger partial charge is 0.343 e. The molecular weight excluding hydrogens is 248 g/mol. The van der Waals surface area contributed by atoms with Gasteiger partial charge in [-0.05, 0) is 25.0 Å². The SMILES string of the molecule is N#CCNC(=O)C1CCCCC1C#Cc1ccccc1. The molecule has 0 aliphatic heterocycles. The van der Waals surface area contributed by atoms with Crippen molar-refractivity contribution in [2.24, 2.45) is 11.8 Å². The van der Waals surface area contributed by atoms with E-state index in [2.05, 4.69) is 17.2 Å². The molecule has 0 bridgehead atoms. The summed E-state index contributed by atoms with van der Waals surface area (Å²) in [5, 5.41) is 11.2. The maximum atomic E-state index is 12.0. The van der Waals surface area contributed by atoms with E-state index in [-0.39, 0.29) is 24.3 Å². The van der Waals surface area contributed by atoms with Crippen molar-refractivity contribution in [2.75, 3.05) is 6.54 Å². The molecule has 1 amide bonds. The molecule has 1 aromatic carbocycles. The Morgan fingerprint density at radius 3 is 2.75 bits per heavy atom. The lowest BCUT2D eigenvalue weighted by molar-refractivity contribution is -0.126. The van der Waals surface area contributed by atoms with E-state index in [1.54, 1.807) is 0 Å². The van der Waals surface area contributed by atoms with Gasteiger partial charge in [-0.25, -0.2) is 0 Å². The monoisotopic (exact) mass is 266 g/mol. The maximum Gasteiger partial charge on any atom is 0.225 e. The Balaban J connectivity index is 2.06. The van der Waals surface area contributed by atoms with Gasteiger partial charge in [0.15, 0.2) is 0 Å². The highest BCUT2D eigenvalue weighted by molar-refractivity contribution is 5.79. The van der Waals surface area contributed by atoms with Crippen molar-refractivity contribution >= 4 is 5.91 Å². The van der Waals surface area contributed by atoms with Crippen LogP contribution in [-0.4, -0.2) is 12.5 Å². The summed E-state index contributed by atoms with van der Waals surface area (Å²) in [6, 6.07) is 11.8. The van der Waals surface area contributed by atoms with E-state index in [1.807, 2.05) is 36.4 Å². The summed E-state index contributed by atoms with van der Waals surface area (Å²) in [4.78, 5) is 12.0. The van der Waals surface area contributed by atoms with E-state index < -0.39 is 0 Å². The Morgan fingerprint density at radius 1 is 1.25 bits per heavy atom. The third-order valence-electron chi connectivity index (χ3n) is 3.62. The lowest BCUT2D eigenvalue weighted by Gasteiger charge is -2.26. The van der Waals surface area contributed by atoms with Crippen LogP contribution in [0.5, 0.6) is 0 Å². The van der Waals surface area contributed by atoms with Gasteiger partial charge in [0.25, 0.3) is 0 Å². The number of nitriles is 1. The summed E-state index contributed by atoms with van der Waals surface area (Å²) < 4.78 is 0. The normalized spacial score (nSPS) is 21.1. The average Bonchev–Trinajstić information content (AvgIpc) is 2.52. The number of carbonyl (C=O) groups is 1. The number of amides is 1. The zero-order valence-electron chi connectivity index (χ0n) is 11.4. The van der Waals surface area contributed by atoms with Crippen molar-refractivity contribution in [3.63, 3.8) is 0 Å². The first-order chi connectivity index (χ1) is 9.81. The number of nitrogens with zero attached hydrogens (tertiary/aromatic N) is 1. The van der Waals surface area contributed by atoms with Crippen LogP contribution in [0.3, 0.4) is 0 Å². The van der Waals surface area contributed by atoms with Crippen LogP contribution in [-0.2, 0) is 4.79 Å². The van der Waals surface area contributed by atoms with Crippen molar-refractivity contribution in [3.05, 3.63) is 35.9 Å². The number of nitrogens with one attached hydrogen (secondary N) is 1. The first-order valence-corrected chi connectivity index (χ1v) is 7.02. The highest BCUT2D eigenvalue weighted by Crippen LogP contribution is 2.29. The topological polar surface area (TPSA) is 52.9 Å². The molecule has 0 saturated heterocycles. The quantitative estimate of drug-likeness (QED) is 0.660. The molecule has 20 heavy (non-hydrogen) atoms. The predicted molar refractivity (Wildman–Crippen MR) is 77.4 cm³/mol. The van der Waals surface area contributed by atoms with Crippen LogP contribution in [0, 0.1) is 35.0 Å². The number of rotatable bonds is 2. The minimum atomic E-state index is -0.0756. The molecule has 2 atom stereocenters. The Morgan fingerprint density at radius 2 is 2.00 bits per heavy atom. The summed E-state index contributed by atoms with van der Waals surface area (Å²) in [7, 11) is 0. The van der Waals surface area contributed by atoms with Crippen molar-refractivity contribution < 1.29 is 4.79 Å². The molecule has 2 rings (SSSR count). The van der Waals surface area contributed by atoms with Crippen LogP contribution in [0.15, 0.2) is 30.3 Å². The van der Waals surface area contributed by atoms with E-state index in [0.29, 0.717) is 0 Å². The summed E-state index contributed by atoms with van der Waals surface area (Å²) in [6.07, 6.45) is 4.01. The van der Waals surface area contributed by atoms with Gasteiger partial charge in [-0.1, -0.05) is 42.9 Å². The van der Waals surface area contributed by atoms with Crippen LogP contribution in [0.4, 0.5) is 0 Å². The van der Waals surface area contributed by atoms with Crippen molar-refractivity contribution in [3.8, 4) is 17.9 Å². The van der Waals surface area contributed by atoms with Gasteiger partial charge >= 0.3 is 0 Å². The van der Waals surface area contributed by atoms with Crippen molar-refractivity contribution in [1.29, 1.82) is 5.26 Å². The average molecular weight is 266 g/mol.